The lowest BCUT2D eigenvalue weighted by molar-refractivity contribution is -0.141. The summed E-state index contributed by atoms with van der Waals surface area (Å²) in [4.78, 5) is 16.5. The van der Waals surface area contributed by atoms with E-state index in [0.717, 1.165) is 5.56 Å². The van der Waals surface area contributed by atoms with E-state index in [1.54, 1.807) is 19.3 Å². The second-order valence-electron chi connectivity index (χ2n) is 3.90. The van der Waals surface area contributed by atoms with Gasteiger partial charge in [0.2, 0.25) is 0 Å². The molecule has 16 heavy (non-hydrogen) atoms. The summed E-state index contributed by atoms with van der Waals surface area (Å²) in [7, 11) is 1.87. The lowest BCUT2D eigenvalue weighted by Crippen LogP contribution is -2.28. The Hall–Kier alpha value is -1.13. The molecule has 88 valence electrons. The number of aromatic nitrogens is 1. The molecule has 1 heterocycles. The summed E-state index contributed by atoms with van der Waals surface area (Å²) in [6, 6.07) is 1.84. The molecule has 0 aromatic carbocycles. The molecule has 0 saturated carbocycles. The van der Waals surface area contributed by atoms with E-state index in [0.29, 0.717) is 18.1 Å². The van der Waals surface area contributed by atoms with E-state index in [2.05, 4.69) is 4.98 Å². The average molecular weight is 243 g/mol. The van der Waals surface area contributed by atoms with Gasteiger partial charge >= 0.3 is 5.97 Å². The van der Waals surface area contributed by atoms with Crippen LogP contribution in [0.5, 0.6) is 0 Å². The Morgan fingerprint density at radius 1 is 1.69 bits per heavy atom. The third-order valence-electron chi connectivity index (χ3n) is 2.30. The largest absolute Gasteiger partial charge is 0.481 e. The first kappa shape index (κ1) is 12.9. The van der Waals surface area contributed by atoms with E-state index >= 15 is 0 Å². The molecular weight excluding hydrogens is 228 g/mol. The Morgan fingerprint density at radius 2 is 2.38 bits per heavy atom. The van der Waals surface area contributed by atoms with Gasteiger partial charge in [-0.1, -0.05) is 18.5 Å². The topological polar surface area (TPSA) is 53.4 Å². The van der Waals surface area contributed by atoms with Crippen molar-refractivity contribution in [1.29, 1.82) is 0 Å². The summed E-state index contributed by atoms with van der Waals surface area (Å²) in [5.74, 6) is -1.17. The van der Waals surface area contributed by atoms with E-state index in [-0.39, 0.29) is 5.92 Å². The molecule has 0 bridgehead atoms. The van der Waals surface area contributed by atoms with Crippen molar-refractivity contribution in [3.8, 4) is 0 Å². The van der Waals surface area contributed by atoms with Gasteiger partial charge in [-0.25, -0.2) is 0 Å². The summed E-state index contributed by atoms with van der Waals surface area (Å²) in [6.45, 7) is 2.81. The number of halogens is 1. The van der Waals surface area contributed by atoms with Crippen LogP contribution in [0.15, 0.2) is 18.5 Å². The maximum absolute atomic E-state index is 10.7. The van der Waals surface area contributed by atoms with Crippen LogP contribution in [0.3, 0.4) is 0 Å². The van der Waals surface area contributed by atoms with Crippen LogP contribution >= 0.6 is 11.6 Å². The molecule has 0 radical (unpaired) electrons. The number of pyridine rings is 1. The Morgan fingerprint density at radius 3 is 2.94 bits per heavy atom. The third-order valence-corrected chi connectivity index (χ3v) is 2.64. The van der Waals surface area contributed by atoms with Gasteiger partial charge in [0.25, 0.3) is 0 Å². The first-order valence-electron chi connectivity index (χ1n) is 5.00. The molecule has 1 unspecified atom stereocenters. The summed E-state index contributed by atoms with van der Waals surface area (Å²) in [6.07, 6.45) is 3.26. The predicted octanol–water partition coefficient (Wildman–Crippen LogP) is 1.89. The van der Waals surface area contributed by atoms with Crippen LogP contribution in [0.25, 0.3) is 0 Å². The highest BCUT2D eigenvalue weighted by Crippen LogP contribution is 2.15. The van der Waals surface area contributed by atoms with Crippen molar-refractivity contribution in [2.24, 2.45) is 5.92 Å². The summed E-state index contributed by atoms with van der Waals surface area (Å²) in [5.41, 5.74) is 0.955. The number of carboxylic acid groups (broad SMARTS) is 1. The third kappa shape index (κ3) is 3.79. The van der Waals surface area contributed by atoms with E-state index in [1.165, 1.54) is 0 Å². The molecule has 5 heteroatoms. The highest BCUT2D eigenvalue weighted by atomic mass is 35.5. The molecule has 1 atom stereocenters. The molecule has 0 aliphatic rings. The number of hydrogen-bond donors (Lipinski definition) is 1. The maximum atomic E-state index is 10.7. The van der Waals surface area contributed by atoms with Crippen LogP contribution in [-0.2, 0) is 11.3 Å². The Bertz CT molecular complexity index is 371. The predicted molar refractivity (Wildman–Crippen MR) is 62.4 cm³/mol. The van der Waals surface area contributed by atoms with Crippen LogP contribution in [0.1, 0.15) is 12.5 Å². The summed E-state index contributed by atoms with van der Waals surface area (Å²) < 4.78 is 0. The van der Waals surface area contributed by atoms with Crippen molar-refractivity contribution < 1.29 is 9.90 Å². The number of rotatable bonds is 5. The van der Waals surface area contributed by atoms with Gasteiger partial charge in [0.15, 0.2) is 0 Å². The fourth-order valence-corrected chi connectivity index (χ4v) is 1.61. The Labute approximate surface area is 99.9 Å². The van der Waals surface area contributed by atoms with Gasteiger partial charge in [0, 0.05) is 25.5 Å². The van der Waals surface area contributed by atoms with Crippen molar-refractivity contribution in [2.75, 3.05) is 13.6 Å². The number of carbonyl (C=O) groups is 1. The van der Waals surface area contributed by atoms with Gasteiger partial charge in [-0.3, -0.25) is 9.78 Å². The van der Waals surface area contributed by atoms with Crippen LogP contribution in [0, 0.1) is 5.92 Å². The first-order valence-corrected chi connectivity index (χ1v) is 5.38. The summed E-state index contributed by atoms with van der Waals surface area (Å²) in [5, 5.41) is 9.40. The number of carboxylic acids is 1. The van der Waals surface area contributed by atoms with Gasteiger partial charge in [0.1, 0.15) is 0 Å². The molecular formula is C11H15ClN2O2. The monoisotopic (exact) mass is 242 g/mol. The van der Waals surface area contributed by atoms with Crippen LogP contribution in [0.2, 0.25) is 5.02 Å². The molecule has 1 aromatic heterocycles. The van der Waals surface area contributed by atoms with Gasteiger partial charge in [-0.15, -0.1) is 0 Å². The molecule has 4 nitrogen and oxygen atoms in total. The van der Waals surface area contributed by atoms with Crippen molar-refractivity contribution in [2.45, 2.75) is 13.5 Å². The maximum Gasteiger partial charge on any atom is 0.307 e. The minimum absolute atomic E-state index is 0.384. The van der Waals surface area contributed by atoms with Gasteiger partial charge in [-0.2, -0.15) is 0 Å². The van der Waals surface area contributed by atoms with Crippen molar-refractivity contribution in [1.82, 2.24) is 9.88 Å². The molecule has 1 N–H and O–H groups in total. The number of hydrogen-bond acceptors (Lipinski definition) is 3. The highest BCUT2D eigenvalue weighted by Gasteiger charge is 2.14. The van der Waals surface area contributed by atoms with E-state index in [1.807, 2.05) is 18.0 Å². The molecule has 0 saturated heterocycles. The van der Waals surface area contributed by atoms with Gasteiger partial charge in [0.05, 0.1) is 10.9 Å². The Kier molecular flexibility index (Phi) is 4.71. The lowest BCUT2D eigenvalue weighted by atomic mass is 10.1. The van der Waals surface area contributed by atoms with Crippen molar-refractivity contribution >= 4 is 17.6 Å². The van der Waals surface area contributed by atoms with Crippen LogP contribution < -0.4 is 0 Å². The fraction of sp³-hybridized carbons (Fsp3) is 0.455. The second kappa shape index (κ2) is 5.82. The second-order valence-corrected chi connectivity index (χ2v) is 4.31. The molecule has 0 spiro atoms. The van der Waals surface area contributed by atoms with Gasteiger partial charge in [-0.05, 0) is 18.7 Å². The van der Waals surface area contributed by atoms with Crippen LogP contribution in [0.4, 0.5) is 0 Å². The van der Waals surface area contributed by atoms with Crippen molar-refractivity contribution in [3.05, 3.63) is 29.0 Å². The van der Waals surface area contributed by atoms with E-state index in [4.69, 9.17) is 16.7 Å². The lowest BCUT2D eigenvalue weighted by Gasteiger charge is -2.19. The standard InChI is InChI=1S/C11H15ClN2O2/c1-8(11(15)16)6-14(2)7-9-3-4-13-5-10(9)12/h3-5,8H,6-7H2,1-2H3,(H,15,16). The number of nitrogens with zero attached hydrogens (tertiary/aromatic N) is 2. The molecule has 0 aliphatic heterocycles. The van der Waals surface area contributed by atoms with E-state index in [9.17, 15) is 4.79 Å². The average Bonchev–Trinajstić information content (AvgIpc) is 2.21. The fourth-order valence-electron chi connectivity index (χ4n) is 1.43. The first-order chi connectivity index (χ1) is 7.50. The normalized spacial score (nSPS) is 12.8. The quantitative estimate of drug-likeness (QED) is 0.857. The minimum atomic E-state index is -0.785. The van der Waals surface area contributed by atoms with E-state index < -0.39 is 5.97 Å². The molecule has 0 aliphatic carbocycles. The molecule has 0 amide bonds. The zero-order valence-electron chi connectivity index (χ0n) is 9.35. The molecule has 1 aromatic rings. The zero-order valence-corrected chi connectivity index (χ0v) is 10.1. The van der Waals surface area contributed by atoms with Crippen molar-refractivity contribution in [3.63, 3.8) is 0 Å². The van der Waals surface area contributed by atoms with Gasteiger partial charge < -0.3 is 10.0 Å². The molecule has 1 rings (SSSR count). The zero-order chi connectivity index (χ0) is 12.1. The molecule has 0 fully saturated rings. The smallest absolute Gasteiger partial charge is 0.307 e. The SMILES string of the molecule is CC(CN(C)Cc1ccncc1Cl)C(=O)O. The number of aliphatic carboxylic acids is 1. The van der Waals surface area contributed by atoms with Crippen LogP contribution in [-0.4, -0.2) is 34.6 Å². The minimum Gasteiger partial charge on any atom is -0.481 e. The summed E-state index contributed by atoms with van der Waals surface area (Å²) >= 11 is 5.96. The Balaban J connectivity index is 2.55. The highest BCUT2D eigenvalue weighted by molar-refractivity contribution is 6.31.